The highest BCUT2D eigenvalue weighted by Crippen LogP contribution is 2.30. The first kappa shape index (κ1) is 17.9. The van der Waals surface area contributed by atoms with Crippen molar-refractivity contribution in [1.82, 2.24) is 15.1 Å². The molecule has 134 valence electrons. The van der Waals surface area contributed by atoms with Gasteiger partial charge in [0.05, 0.1) is 11.9 Å². The van der Waals surface area contributed by atoms with Crippen molar-refractivity contribution in [3.63, 3.8) is 0 Å². The number of thiophene rings is 1. The van der Waals surface area contributed by atoms with Gasteiger partial charge in [-0.05, 0) is 18.9 Å². The average Bonchev–Trinajstić information content (AvgIpc) is 3.18. The quantitative estimate of drug-likeness (QED) is 0.617. The Morgan fingerprint density at radius 3 is 2.76 bits per heavy atom. The van der Waals surface area contributed by atoms with Crippen molar-refractivity contribution < 1.29 is 4.52 Å². The van der Waals surface area contributed by atoms with Crippen LogP contribution in [0.3, 0.4) is 0 Å². The molecule has 0 bridgehead atoms. The van der Waals surface area contributed by atoms with Gasteiger partial charge in [-0.15, -0.1) is 23.7 Å². The number of nitrogens with one attached hydrogen (secondary N) is 2. The predicted octanol–water partition coefficient (Wildman–Crippen LogP) is 4.85. The zero-order valence-corrected chi connectivity index (χ0v) is 15.5. The van der Waals surface area contributed by atoms with E-state index in [1.807, 2.05) is 6.07 Å². The molecule has 3 heterocycles. The normalized spacial score (nSPS) is 15.5. The molecule has 4 rings (SSSR count). The molecule has 1 saturated carbocycles. The Bertz CT molecular complexity index is 784. The van der Waals surface area contributed by atoms with Gasteiger partial charge in [0.1, 0.15) is 23.2 Å². The fourth-order valence-corrected chi connectivity index (χ4v) is 4.14. The van der Waals surface area contributed by atoms with Crippen molar-refractivity contribution >= 4 is 45.6 Å². The Morgan fingerprint density at radius 1 is 1.16 bits per heavy atom. The van der Waals surface area contributed by atoms with Gasteiger partial charge in [-0.1, -0.05) is 30.8 Å². The molecule has 0 aromatic carbocycles. The van der Waals surface area contributed by atoms with Crippen molar-refractivity contribution in [1.29, 1.82) is 0 Å². The minimum Gasteiger partial charge on any atom is -0.367 e. The van der Waals surface area contributed by atoms with E-state index >= 15 is 0 Å². The molecular formula is C17H22ClN5OS. The summed E-state index contributed by atoms with van der Waals surface area (Å²) in [6.07, 6.45) is 11.0. The summed E-state index contributed by atoms with van der Waals surface area (Å²) < 4.78 is 4.83. The van der Waals surface area contributed by atoms with Crippen LogP contribution in [0.2, 0.25) is 0 Å². The summed E-state index contributed by atoms with van der Waals surface area (Å²) in [4.78, 5) is 11.1. The van der Waals surface area contributed by atoms with Gasteiger partial charge in [0.2, 0.25) is 0 Å². The molecule has 0 amide bonds. The third kappa shape index (κ3) is 4.41. The monoisotopic (exact) mass is 379 g/mol. The first-order valence-electron chi connectivity index (χ1n) is 8.53. The zero-order valence-electron chi connectivity index (χ0n) is 13.9. The summed E-state index contributed by atoms with van der Waals surface area (Å²) in [5, 5.41) is 11.9. The van der Waals surface area contributed by atoms with E-state index in [0.717, 1.165) is 21.9 Å². The van der Waals surface area contributed by atoms with Crippen LogP contribution in [-0.2, 0) is 6.54 Å². The van der Waals surface area contributed by atoms with E-state index < -0.39 is 0 Å². The van der Waals surface area contributed by atoms with Gasteiger partial charge in [0.15, 0.2) is 5.82 Å². The first-order valence-corrected chi connectivity index (χ1v) is 9.34. The van der Waals surface area contributed by atoms with Crippen molar-refractivity contribution in [2.24, 2.45) is 0 Å². The maximum atomic E-state index is 4.83. The molecule has 25 heavy (non-hydrogen) atoms. The minimum absolute atomic E-state index is 0. The predicted molar refractivity (Wildman–Crippen MR) is 104 cm³/mol. The van der Waals surface area contributed by atoms with E-state index in [4.69, 9.17) is 4.52 Å². The Morgan fingerprint density at radius 2 is 2.00 bits per heavy atom. The van der Waals surface area contributed by atoms with Crippen LogP contribution >= 0.6 is 23.7 Å². The smallest absolute Gasteiger partial charge is 0.169 e. The number of halogens is 1. The van der Waals surface area contributed by atoms with E-state index in [1.165, 1.54) is 43.4 Å². The van der Waals surface area contributed by atoms with Crippen molar-refractivity contribution in [3.05, 3.63) is 29.6 Å². The molecule has 1 aliphatic rings. The van der Waals surface area contributed by atoms with Crippen LogP contribution in [-0.4, -0.2) is 21.2 Å². The molecule has 0 atom stereocenters. The summed E-state index contributed by atoms with van der Waals surface area (Å²) in [7, 11) is 0. The number of aromatic nitrogens is 3. The summed E-state index contributed by atoms with van der Waals surface area (Å²) in [5.41, 5.74) is 0. The van der Waals surface area contributed by atoms with Gasteiger partial charge in [0.25, 0.3) is 0 Å². The number of hydrogen-bond acceptors (Lipinski definition) is 7. The molecule has 6 nitrogen and oxygen atoms in total. The van der Waals surface area contributed by atoms with Crippen LogP contribution in [0.4, 0.5) is 11.6 Å². The van der Waals surface area contributed by atoms with Gasteiger partial charge < -0.3 is 15.2 Å². The van der Waals surface area contributed by atoms with Crippen LogP contribution in [0.1, 0.15) is 43.4 Å². The number of fused-ring (bicyclic) bond motifs is 1. The lowest BCUT2D eigenvalue weighted by molar-refractivity contribution is 0.422. The average molecular weight is 380 g/mol. The highest BCUT2D eigenvalue weighted by atomic mass is 35.5. The minimum atomic E-state index is 0. The van der Waals surface area contributed by atoms with Crippen LogP contribution in [0, 0.1) is 0 Å². The maximum absolute atomic E-state index is 4.83. The maximum Gasteiger partial charge on any atom is 0.169 e. The Labute approximate surface area is 156 Å². The second-order valence-corrected chi connectivity index (χ2v) is 7.34. The van der Waals surface area contributed by atoms with Crippen molar-refractivity contribution in [2.75, 3.05) is 10.6 Å². The summed E-state index contributed by atoms with van der Waals surface area (Å²) in [6.45, 7) is 0.705. The van der Waals surface area contributed by atoms with Crippen molar-refractivity contribution in [2.45, 2.75) is 51.1 Å². The fraction of sp³-hybridized carbons (Fsp3) is 0.471. The van der Waals surface area contributed by atoms with Crippen LogP contribution in [0.25, 0.3) is 10.2 Å². The molecule has 3 aromatic heterocycles. The third-order valence-corrected chi connectivity index (χ3v) is 5.50. The van der Waals surface area contributed by atoms with Gasteiger partial charge in [-0.25, -0.2) is 9.97 Å². The second kappa shape index (κ2) is 8.49. The highest BCUT2D eigenvalue weighted by Gasteiger charge is 2.15. The molecule has 0 aliphatic heterocycles. The first-order chi connectivity index (χ1) is 11.9. The van der Waals surface area contributed by atoms with Gasteiger partial charge >= 0.3 is 0 Å². The van der Waals surface area contributed by atoms with E-state index in [-0.39, 0.29) is 12.4 Å². The number of hydrogen-bond donors (Lipinski definition) is 2. The fourth-order valence-electron chi connectivity index (χ4n) is 3.21. The molecule has 0 saturated heterocycles. The number of anilines is 2. The Hall–Kier alpha value is -1.86. The lowest BCUT2D eigenvalue weighted by atomic mass is 10.1. The molecule has 0 radical (unpaired) electrons. The van der Waals surface area contributed by atoms with E-state index in [9.17, 15) is 0 Å². The molecule has 8 heteroatoms. The lowest BCUT2D eigenvalue weighted by Crippen LogP contribution is -2.19. The molecule has 1 fully saturated rings. The van der Waals surface area contributed by atoms with Crippen LogP contribution in [0.15, 0.2) is 29.2 Å². The molecular weight excluding hydrogens is 358 g/mol. The Balaban J connectivity index is 0.00000182. The Kier molecular flexibility index (Phi) is 6.09. The standard InChI is InChI=1S/C17H21N5OS.ClH/c1-2-4-6-12(5-3-1)21-16-14-9-13(24-17(14)20-11-19-16)10-18-15-7-8-23-22-15;/h7-9,11-12H,1-6,10H2,(H,18,22)(H,19,20,21);1H. The zero-order chi connectivity index (χ0) is 16.2. The van der Waals surface area contributed by atoms with Crippen LogP contribution in [0.5, 0.6) is 0 Å². The largest absolute Gasteiger partial charge is 0.367 e. The van der Waals surface area contributed by atoms with E-state index in [0.29, 0.717) is 12.6 Å². The van der Waals surface area contributed by atoms with Crippen LogP contribution < -0.4 is 10.6 Å². The van der Waals surface area contributed by atoms with E-state index in [1.54, 1.807) is 23.9 Å². The highest BCUT2D eigenvalue weighted by molar-refractivity contribution is 7.18. The lowest BCUT2D eigenvalue weighted by Gasteiger charge is -2.17. The van der Waals surface area contributed by atoms with Crippen molar-refractivity contribution in [3.8, 4) is 0 Å². The van der Waals surface area contributed by atoms with E-state index in [2.05, 4.69) is 31.8 Å². The second-order valence-electron chi connectivity index (χ2n) is 6.22. The van der Waals surface area contributed by atoms with Gasteiger partial charge in [0, 0.05) is 17.0 Å². The molecule has 2 N–H and O–H groups in total. The number of nitrogens with zero attached hydrogens (tertiary/aromatic N) is 3. The van der Waals surface area contributed by atoms with Gasteiger partial charge in [-0.3, -0.25) is 0 Å². The SMILES string of the molecule is Cl.c1nc(NC2CCCCCC2)c2cc(CNc3ccon3)sc2n1. The number of rotatable bonds is 5. The summed E-state index contributed by atoms with van der Waals surface area (Å²) >= 11 is 1.69. The topological polar surface area (TPSA) is 75.9 Å². The molecule has 1 aliphatic carbocycles. The summed E-state index contributed by atoms with van der Waals surface area (Å²) in [6, 6.07) is 4.51. The molecule has 0 spiro atoms. The van der Waals surface area contributed by atoms with Gasteiger partial charge in [-0.2, -0.15) is 0 Å². The third-order valence-electron chi connectivity index (χ3n) is 4.46. The summed E-state index contributed by atoms with van der Waals surface area (Å²) in [5.74, 6) is 1.71. The molecule has 3 aromatic rings. The molecule has 0 unspecified atom stereocenters.